The van der Waals surface area contributed by atoms with Crippen LogP contribution in [0.15, 0.2) is 53.0 Å². The lowest BCUT2D eigenvalue weighted by Crippen LogP contribution is -2.40. The zero-order chi connectivity index (χ0) is 17.8. The quantitative estimate of drug-likeness (QED) is 0.812. The Hall–Kier alpha value is -2.01. The van der Waals surface area contributed by atoms with Crippen LogP contribution in [0.1, 0.15) is 18.9 Å². The van der Waals surface area contributed by atoms with Crippen LogP contribution >= 0.6 is 15.9 Å². The smallest absolute Gasteiger partial charge is 0.263 e. The molecule has 25 heavy (non-hydrogen) atoms. The van der Waals surface area contributed by atoms with Gasteiger partial charge in [0.2, 0.25) is 0 Å². The normalized spacial score (nSPS) is 18.0. The van der Waals surface area contributed by atoms with Crippen molar-refractivity contribution in [3.63, 3.8) is 0 Å². The van der Waals surface area contributed by atoms with Crippen LogP contribution in [0.2, 0.25) is 0 Å². The summed E-state index contributed by atoms with van der Waals surface area (Å²) in [5, 5.41) is 3.49. The number of carbonyl (C=O) groups excluding carboxylic acids is 1. The van der Waals surface area contributed by atoms with Gasteiger partial charge < -0.3 is 15.0 Å². The zero-order valence-corrected chi connectivity index (χ0v) is 16.1. The minimum atomic E-state index is -0.505. The Morgan fingerprint density at radius 3 is 2.76 bits per heavy atom. The molecule has 2 aromatic carbocycles. The third-order valence-corrected chi connectivity index (χ3v) is 5.00. The van der Waals surface area contributed by atoms with Crippen LogP contribution in [-0.2, 0) is 4.79 Å². The van der Waals surface area contributed by atoms with Gasteiger partial charge in [-0.1, -0.05) is 24.3 Å². The third kappa shape index (κ3) is 4.54. The van der Waals surface area contributed by atoms with E-state index in [2.05, 4.69) is 21.2 Å². The molecule has 0 aliphatic carbocycles. The highest BCUT2D eigenvalue weighted by Gasteiger charge is 2.30. The molecule has 1 fully saturated rings. The van der Waals surface area contributed by atoms with Crippen molar-refractivity contribution in [3.8, 4) is 5.75 Å². The van der Waals surface area contributed by atoms with Crippen molar-refractivity contribution < 1.29 is 9.53 Å². The van der Waals surface area contributed by atoms with Gasteiger partial charge in [0.05, 0.1) is 4.47 Å². The molecule has 0 radical (unpaired) electrons. The summed E-state index contributed by atoms with van der Waals surface area (Å²) in [7, 11) is 0. The first-order valence-corrected chi connectivity index (χ1v) is 9.35. The second-order valence-electron chi connectivity index (χ2n) is 6.47. The van der Waals surface area contributed by atoms with Gasteiger partial charge in [-0.15, -0.1) is 0 Å². The fourth-order valence-corrected chi connectivity index (χ4v) is 3.63. The monoisotopic (exact) mass is 402 g/mol. The number of ether oxygens (including phenoxy) is 1. The molecular formula is C20H23BrN2O2. The summed E-state index contributed by atoms with van der Waals surface area (Å²) in [4.78, 5) is 14.6. The first-order valence-electron chi connectivity index (χ1n) is 8.56. The topological polar surface area (TPSA) is 41.6 Å². The minimum absolute atomic E-state index is 0.0323. The number of carbonyl (C=O) groups is 1. The van der Waals surface area contributed by atoms with Crippen LogP contribution in [0, 0.1) is 6.92 Å². The summed E-state index contributed by atoms with van der Waals surface area (Å²) >= 11 is 3.49. The molecule has 2 unspecified atom stereocenters. The van der Waals surface area contributed by atoms with Gasteiger partial charge in [0.25, 0.3) is 5.91 Å². The van der Waals surface area contributed by atoms with Crippen molar-refractivity contribution in [2.45, 2.75) is 32.4 Å². The molecule has 1 heterocycles. The van der Waals surface area contributed by atoms with Crippen LogP contribution in [0.25, 0.3) is 0 Å². The number of amides is 1. The molecule has 132 valence electrons. The molecule has 0 spiro atoms. The Bertz CT molecular complexity index is 736. The highest BCUT2D eigenvalue weighted by Crippen LogP contribution is 2.27. The van der Waals surface area contributed by atoms with E-state index in [1.165, 1.54) is 0 Å². The van der Waals surface area contributed by atoms with Gasteiger partial charge in [-0.3, -0.25) is 4.79 Å². The van der Waals surface area contributed by atoms with E-state index in [-0.39, 0.29) is 11.9 Å². The number of rotatable bonds is 5. The van der Waals surface area contributed by atoms with Gasteiger partial charge in [-0.25, -0.2) is 0 Å². The van der Waals surface area contributed by atoms with Crippen LogP contribution < -0.4 is 10.1 Å². The molecular weight excluding hydrogens is 380 g/mol. The molecule has 1 amide bonds. The van der Waals surface area contributed by atoms with E-state index in [0.29, 0.717) is 12.3 Å². The number of hydrogen-bond acceptors (Lipinski definition) is 3. The summed E-state index contributed by atoms with van der Waals surface area (Å²) < 4.78 is 6.74. The van der Waals surface area contributed by atoms with Gasteiger partial charge >= 0.3 is 0 Å². The van der Waals surface area contributed by atoms with Gasteiger partial charge in [0.15, 0.2) is 6.10 Å². The van der Waals surface area contributed by atoms with E-state index in [4.69, 9.17) is 4.74 Å². The lowest BCUT2D eigenvalue weighted by atomic mass is 10.2. The van der Waals surface area contributed by atoms with E-state index in [9.17, 15) is 4.79 Å². The number of benzene rings is 2. The number of para-hydroxylation sites is 1. The second-order valence-corrected chi connectivity index (χ2v) is 7.33. The number of nitrogens with zero attached hydrogens (tertiary/aromatic N) is 1. The van der Waals surface area contributed by atoms with E-state index < -0.39 is 6.10 Å². The minimum Gasteiger partial charge on any atom is -0.480 e. The molecule has 1 aliphatic rings. The number of likely N-dealkylation sites (tertiary alicyclic amines) is 1. The van der Waals surface area contributed by atoms with Crippen molar-refractivity contribution in [1.82, 2.24) is 4.90 Å². The lowest BCUT2D eigenvalue weighted by molar-refractivity contribution is -0.136. The lowest BCUT2D eigenvalue weighted by Gasteiger charge is -2.22. The predicted octanol–water partition coefficient (Wildman–Crippen LogP) is 4.24. The summed E-state index contributed by atoms with van der Waals surface area (Å²) in [5.41, 5.74) is 2.24. The van der Waals surface area contributed by atoms with Crippen molar-refractivity contribution in [3.05, 3.63) is 58.6 Å². The molecule has 1 aliphatic heterocycles. The van der Waals surface area contributed by atoms with E-state index in [0.717, 1.165) is 28.7 Å². The fourth-order valence-electron chi connectivity index (χ4n) is 3.05. The van der Waals surface area contributed by atoms with Crippen LogP contribution in [0.5, 0.6) is 5.75 Å². The van der Waals surface area contributed by atoms with E-state index in [1.807, 2.05) is 67.3 Å². The summed E-state index contributed by atoms with van der Waals surface area (Å²) in [6.07, 6.45) is 0.441. The van der Waals surface area contributed by atoms with Crippen molar-refractivity contribution in [2.75, 3.05) is 18.4 Å². The zero-order valence-electron chi connectivity index (χ0n) is 14.5. The molecule has 5 heteroatoms. The van der Waals surface area contributed by atoms with Gasteiger partial charge in [-0.05, 0) is 66.0 Å². The summed E-state index contributed by atoms with van der Waals surface area (Å²) in [6.45, 7) is 5.29. The number of aryl methyl sites for hydroxylation is 1. The Morgan fingerprint density at radius 1 is 1.28 bits per heavy atom. The Balaban J connectivity index is 1.56. The molecule has 4 nitrogen and oxygen atoms in total. The number of nitrogens with one attached hydrogen (secondary N) is 1. The molecule has 1 saturated heterocycles. The number of halogens is 1. The standard InChI is InChI=1S/C20H23BrN2O2/c1-14-8-9-19(18(21)12-14)25-15(2)20(24)23-11-10-17(13-23)22-16-6-4-3-5-7-16/h3-9,12,15,17,22H,10-11,13H2,1-2H3. The highest BCUT2D eigenvalue weighted by molar-refractivity contribution is 9.10. The average Bonchev–Trinajstić information content (AvgIpc) is 3.06. The van der Waals surface area contributed by atoms with Crippen LogP contribution in [0.4, 0.5) is 5.69 Å². The van der Waals surface area contributed by atoms with E-state index in [1.54, 1.807) is 0 Å². The number of hydrogen-bond donors (Lipinski definition) is 1. The Labute approximate surface area is 157 Å². The van der Waals surface area contributed by atoms with Gasteiger partial charge in [-0.2, -0.15) is 0 Å². The molecule has 2 aromatic rings. The molecule has 3 rings (SSSR count). The predicted molar refractivity (Wildman–Crippen MR) is 104 cm³/mol. The van der Waals surface area contributed by atoms with Crippen molar-refractivity contribution >= 4 is 27.5 Å². The molecule has 1 N–H and O–H groups in total. The summed E-state index contributed by atoms with van der Waals surface area (Å²) in [5.74, 6) is 0.731. The van der Waals surface area contributed by atoms with E-state index >= 15 is 0 Å². The largest absolute Gasteiger partial charge is 0.480 e. The molecule has 0 aromatic heterocycles. The first-order chi connectivity index (χ1) is 12.0. The Morgan fingerprint density at radius 2 is 2.04 bits per heavy atom. The van der Waals surface area contributed by atoms with Gasteiger partial charge in [0.1, 0.15) is 5.75 Å². The third-order valence-electron chi connectivity index (χ3n) is 4.38. The Kier molecular flexibility index (Phi) is 5.63. The maximum atomic E-state index is 12.7. The van der Waals surface area contributed by atoms with Crippen LogP contribution in [-0.4, -0.2) is 36.0 Å². The summed E-state index contributed by atoms with van der Waals surface area (Å²) in [6, 6.07) is 16.3. The second kappa shape index (κ2) is 7.91. The van der Waals surface area contributed by atoms with Gasteiger partial charge in [0, 0.05) is 24.8 Å². The number of anilines is 1. The van der Waals surface area contributed by atoms with Crippen molar-refractivity contribution in [2.24, 2.45) is 0 Å². The highest BCUT2D eigenvalue weighted by atomic mass is 79.9. The van der Waals surface area contributed by atoms with Crippen LogP contribution in [0.3, 0.4) is 0 Å². The molecule has 0 bridgehead atoms. The maximum Gasteiger partial charge on any atom is 0.263 e. The first kappa shape index (κ1) is 17.8. The SMILES string of the molecule is Cc1ccc(OC(C)C(=O)N2CCC(Nc3ccccc3)C2)c(Br)c1. The maximum absolute atomic E-state index is 12.7. The fraction of sp³-hybridized carbons (Fsp3) is 0.350. The van der Waals surface area contributed by atoms with Crippen molar-refractivity contribution in [1.29, 1.82) is 0 Å². The molecule has 0 saturated carbocycles. The molecule has 2 atom stereocenters. The average molecular weight is 403 g/mol.